The molecule has 3 unspecified atom stereocenters. The first-order valence-electron chi connectivity index (χ1n) is 20.3. The largest absolute Gasteiger partial charge is 0.457 e. The number of pyridine rings is 1. The van der Waals surface area contributed by atoms with Crippen LogP contribution in [0.5, 0.6) is 23.0 Å². The number of piperidine rings is 1. The van der Waals surface area contributed by atoms with E-state index in [1.165, 1.54) is 6.33 Å². The number of likely N-dealkylation sites (tertiary alicyclic amines) is 2. The lowest BCUT2D eigenvalue weighted by Gasteiger charge is -2.54. The molecule has 3 atom stereocenters. The predicted molar refractivity (Wildman–Crippen MR) is 214 cm³/mol. The Hall–Kier alpha value is -6.33. The zero-order valence-corrected chi connectivity index (χ0v) is 32.2. The lowest BCUT2D eigenvalue weighted by molar-refractivity contribution is -0.134. The second-order valence-electron chi connectivity index (χ2n) is 16.5. The molecule has 302 valence electrons. The zero-order chi connectivity index (χ0) is 39.8. The summed E-state index contributed by atoms with van der Waals surface area (Å²) in [6.07, 6.45) is 5.69. The minimum absolute atomic E-state index is 0.0145. The van der Waals surface area contributed by atoms with Gasteiger partial charge in [-0.2, -0.15) is 5.10 Å². The van der Waals surface area contributed by atoms with Crippen molar-refractivity contribution in [1.82, 2.24) is 45.2 Å². The smallest absolute Gasteiger partial charge is 0.274 e. The van der Waals surface area contributed by atoms with E-state index < -0.39 is 17.9 Å². The Bertz CT molecular complexity index is 2450. The molecular formula is C42H43N11O6. The summed E-state index contributed by atoms with van der Waals surface area (Å²) in [5, 5.41) is 10.9. The lowest BCUT2D eigenvalue weighted by Crippen LogP contribution is -2.69. The number of para-hydroxylation sites is 1. The van der Waals surface area contributed by atoms with Gasteiger partial charge in [-0.25, -0.2) is 19.6 Å². The molecule has 1 aliphatic carbocycles. The Morgan fingerprint density at radius 3 is 2.31 bits per heavy atom. The summed E-state index contributed by atoms with van der Waals surface area (Å²) in [4.78, 5) is 57.7. The van der Waals surface area contributed by atoms with Crippen LogP contribution in [0.15, 0.2) is 67.1 Å². The molecule has 2 aromatic carbocycles. The maximum absolute atomic E-state index is 13.1. The molecule has 4 N–H and O–H groups in total. The number of benzene rings is 2. The Kier molecular flexibility index (Phi) is 8.61. The fraction of sp³-hybridized carbons (Fsp3) is 0.405. The summed E-state index contributed by atoms with van der Waals surface area (Å²) in [7, 11) is 0. The first-order valence-corrected chi connectivity index (χ1v) is 20.3. The molecule has 0 radical (unpaired) electrons. The number of rotatable bonds is 9. The van der Waals surface area contributed by atoms with Crippen molar-refractivity contribution in [2.24, 2.45) is 11.8 Å². The van der Waals surface area contributed by atoms with E-state index in [0.717, 1.165) is 91.6 Å². The fourth-order valence-electron chi connectivity index (χ4n) is 9.79. The number of amides is 3. The van der Waals surface area contributed by atoms with Gasteiger partial charge in [-0.3, -0.25) is 29.5 Å². The molecule has 17 nitrogen and oxygen atoms in total. The third-order valence-electron chi connectivity index (χ3n) is 13.0. The first-order chi connectivity index (χ1) is 28.8. The van der Waals surface area contributed by atoms with Gasteiger partial charge in [0, 0.05) is 63.3 Å². The molecule has 0 bridgehead atoms. The molecule has 11 rings (SSSR count). The second kappa shape index (κ2) is 14.2. The Labute approximate surface area is 338 Å². The molecule has 5 fully saturated rings. The van der Waals surface area contributed by atoms with Crippen LogP contribution < -0.4 is 35.5 Å². The topological polar surface area (TPSA) is 195 Å². The minimum Gasteiger partial charge on any atom is -0.457 e. The molecule has 1 saturated carbocycles. The van der Waals surface area contributed by atoms with Gasteiger partial charge in [0.15, 0.2) is 22.8 Å². The number of nitrogens with two attached hydrogens (primary N) is 1. The van der Waals surface area contributed by atoms with Crippen molar-refractivity contribution in [3.63, 3.8) is 0 Å². The third kappa shape index (κ3) is 6.35. The Balaban J connectivity index is 0.691. The molecule has 3 aromatic heterocycles. The summed E-state index contributed by atoms with van der Waals surface area (Å²) in [5.41, 5.74) is 9.85. The summed E-state index contributed by atoms with van der Waals surface area (Å²) in [5.74, 6) is 2.54. The highest BCUT2D eigenvalue weighted by Gasteiger charge is 2.48. The average Bonchev–Trinajstić information content (AvgIpc) is 4.00. The molecule has 5 aliphatic heterocycles. The number of imide groups is 1. The normalized spacial score (nSPS) is 24.5. The number of carbonyl (C=O) groups excluding carboxylic acids is 3. The van der Waals surface area contributed by atoms with Gasteiger partial charge in [0.1, 0.15) is 41.1 Å². The van der Waals surface area contributed by atoms with Crippen molar-refractivity contribution in [3.8, 4) is 34.3 Å². The Morgan fingerprint density at radius 2 is 1.54 bits per heavy atom. The van der Waals surface area contributed by atoms with Gasteiger partial charge >= 0.3 is 0 Å². The number of nitrogens with zero attached hydrogens (tertiary/aromatic N) is 8. The molecule has 5 aromatic rings. The highest BCUT2D eigenvalue weighted by molar-refractivity contribution is 6.04. The van der Waals surface area contributed by atoms with Gasteiger partial charge < -0.3 is 30.2 Å². The fourth-order valence-corrected chi connectivity index (χ4v) is 9.79. The Morgan fingerprint density at radius 1 is 0.831 bits per heavy atom. The predicted octanol–water partition coefficient (Wildman–Crippen LogP) is 2.98. The number of hydrogen-bond donors (Lipinski definition) is 3. The van der Waals surface area contributed by atoms with Crippen LogP contribution in [-0.4, -0.2) is 116 Å². The summed E-state index contributed by atoms with van der Waals surface area (Å²) < 4.78 is 19.6. The molecule has 59 heavy (non-hydrogen) atoms. The number of anilines is 2. The van der Waals surface area contributed by atoms with Gasteiger partial charge in [-0.05, 0) is 67.5 Å². The molecule has 0 spiro atoms. The van der Waals surface area contributed by atoms with E-state index in [-0.39, 0.29) is 43.0 Å². The standard InChI is InChI=1S/C42H43N11O6/c43-39-34-35(23-6-8-30(9-7-23)59-29-4-2-1-3-5-29)49-53(40(34)46-21-45-39)26-12-24-15-50(16-25(24)13-26)27-17-51(18-27)28-19-52(20-28)32-14-44-36(38-37(32)57-22-58-38)42(56)47-31-10-11-33(54)48-41(31)55/h1-9,14,21,24-28,31H,10-13,15-20,22H2,(H,47,56)(H2,43,45,46)(H,48,54,55). The van der Waals surface area contributed by atoms with Crippen molar-refractivity contribution < 1.29 is 28.6 Å². The van der Waals surface area contributed by atoms with Crippen molar-refractivity contribution in [1.29, 1.82) is 0 Å². The van der Waals surface area contributed by atoms with Crippen molar-refractivity contribution in [2.45, 2.75) is 49.9 Å². The van der Waals surface area contributed by atoms with E-state index in [1.54, 1.807) is 6.20 Å². The molecular weight excluding hydrogens is 755 g/mol. The second-order valence-corrected chi connectivity index (χ2v) is 16.5. The van der Waals surface area contributed by atoms with Crippen LogP contribution in [0.3, 0.4) is 0 Å². The first kappa shape index (κ1) is 35.8. The van der Waals surface area contributed by atoms with E-state index in [1.807, 2.05) is 54.6 Å². The van der Waals surface area contributed by atoms with Gasteiger partial charge in [0.25, 0.3) is 5.91 Å². The van der Waals surface area contributed by atoms with E-state index >= 15 is 0 Å². The van der Waals surface area contributed by atoms with Gasteiger partial charge in [-0.15, -0.1) is 0 Å². The van der Waals surface area contributed by atoms with E-state index in [9.17, 15) is 14.4 Å². The van der Waals surface area contributed by atoms with Crippen LogP contribution in [0.25, 0.3) is 22.3 Å². The number of aromatic nitrogens is 5. The third-order valence-corrected chi connectivity index (χ3v) is 13.0. The summed E-state index contributed by atoms with van der Waals surface area (Å²) in [6, 6.07) is 18.1. The van der Waals surface area contributed by atoms with Crippen molar-refractivity contribution in [2.75, 3.05) is 56.7 Å². The van der Waals surface area contributed by atoms with Crippen LogP contribution in [0, 0.1) is 11.8 Å². The van der Waals surface area contributed by atoms with Crippen molar-refractivity contribution >= 4 is 40.3 Å². The molecule has 17 heteroatoms. The highest BCUT2D eigenvalue weighted by atomic mass is 16.7. The average molecular weight is 798 g/mol. The van der Waals surface area contributed by atoms with Crippen LogP contribution >= 0.6 is 0 Å². The zero-order valence-electron chi connectivity index (χ0n) is 32.2. The molecule has 3 amide bonds. The monoisotopic (exact) mass is 797 g/mol. The van der Waals surface area contributed by atoms with Crippen molar-refractivity contribution in [3.05, 3.63) is 72.8 Å². The quantitative estimate of drug-likeness (QED) is 0.184. The maximum Gasteiger partial charge on any atom is 0.274 e. The van der Waals surface area contributed by atoms with Gasteiger partial charge in [0.05, 0.1) is 17.6 Å². The van der Waals surface area contributed by atoms with Crippen LogP contribution in [0.1, 0.15) is 42.2 Å². The summed E-state index contributed by atoms with van der Waals surface area (Å²) in [6.45, 7) is 5.95. The molecule has 4 saturated heterocycles. The van der Waals surface area contributed by atoms with E-state index in [4.69, 9.17) is 30.0 Å². The van der Waals surface area contributed by atoms with E-state index in [2.05, 4.69) is 40.0 Å². The van der Waals surface area contributed by atoms with Crippen LogP contribution in [0.4, 0.5) is 11.5 Å². The summed E-state index contributed by atoms with van der Waals surface area (Å²) >= 11 is 0. The van der Waals surface area contributed by atoms with Gasteiger partial charge in [-0.1, -0.05) is 18.2 Å². The number of nitrogens with one attached hydrogen (secondary N) is 2. The van der Waals surface area contributed by atoms with Gasteiger partial charge in [0.2, 0.25) is 18.6 Å². The number of fused-ring (bicyclic) bond motifs is 3. The molecule has 6 aliphatic rings. The lowest BCUT2D eigenvalue weighted by atomic mass is 9.98. The maximum atomic E-state index is 13.1. The number of ether oxygens (including phenoxy) is 3. The number of carbonyl (C=O) groups is 3. The number of nitrogen functional groups attached to an aromatic ring is 1. The molecule has 8 heterocycles. The van der Waals surface area contributed by atoms with E-state index in [0.29, 0.717) is 35.5 Å². The SMILES string of the molecule is Nc1ncnc2c1c(-c1ccc(Oc3ccccc3)cc1)nn2C1CC2CN(C3CN(C4CN(c5cnc(C(=O)NC6CCC(=O)NC6=O)c6c5OCO6)C4)C3)CC2C1. The number of hydrogen-bond acceptors (Lipinski definition) is 14. The van der Waals surface area contributed by atoms with Crippen LogP contribution in [0.2, 0.25) is 0 Å². The highest BCUT2D eigenvalue weighted by Crippen LogP contribution is 2.48. The minimum atomic E-state index is -0.808. The van der Waals surface area contributed by atoms with Crippen LogP contribution in [-0.2, 0) is 9.59 Å².